The lowest BCUT2D eigenvalue weighted by molar-refractivity contribution is 0.252. The average Bonchev–Trinajstić information content (AvgIpc) is 2.46. The second-order valence-electron chi connectivity index (χ2n) is 4.61. The van der Waals surface area contributed by atoms with E-state index in [-0.39, 0.29) is 6.03 Å². The van der Waals surface area contributed by atoms with Gasteiger partial charge in [-0.3, -0.25) is 0 Å². The number of amides is 2. The number of benzene rings is 1. The number of aryl methyl sites for hydroxylation is 1. The fourth-order valence-electron chi connectivity index (χ4n) is 1.84. The molecule has 0 saturated heterocycles. The molecule has 0 fully saturated rings. The summed E-state index contributed by atoms with van der Waals surface area (Å²) in [5.74, 6) is 0.773. The third-order valence-corrected chi connectivity index (χ3v) is 2.83. The molecule has 0 spiro atoms. The van der Waals surface area contributed by atoms with Crippen LogP contribution in [0.1, 0.15) is 5.56 Å². The molecule has 0 saturated carbocycles. The predicted molar refractivity (Wildman–Crippen MR) is 85.3 cm³/mol. The van der Waals surface area contributed by atoms with E-state index in [4.69, 9.17) is 5.73 Å². The van der Waals surface area contributed by atoms with Crippen LogP contribution in [0.2, 0.25) is 0 Å². The average molecular weight is 285 g/mol. The van der Waals surface area contributed by atoms with Crippen LogP contribution in [-0.4, -0.2) is 24.1 Å². The Bertz CT molecular complexity index is 600. The SMILES string of the molecule is Cc1cc(N)cnc1NCCNC(=O)Nc1ccccc1. The summed E-state index contributed by atoms with van der Waals surface area (Å²) in [5.41, 5.74) is 8.02. The van der Waals surface area contributed by atoms with Gasteiger partial charge in [0, 0.05) is 18.8 Å². The van der Waals surface area contributed by atoms with Crippen molar-refractivity contribution in [3.63, 3.8) is 0 Å². The number of hydrogen-bond acceptors (Lipinski definition) is 4. The van der Waals surface area contributed by atoms with Gasteiger partial charge in [-0.15, -0.1) is 0 Å². The Morgan fingerprint density at radius 3 is 2.71 bits per heavy atom. The third kappa shape index (κ3) is 4.68. The van der Waals surface area contributed by atoms with Gasteiger partial charge in [-0.05, 0) is 30.7 Å². The Morgan fingerprint density at radius 2 is 2.00 bits per heavy atom. The van der Waals surface area contributed by atoms with Crippen LogP contribution in [0.5, 0.6) is 0 Å². The molecule has 110 valence electrons. The Morgan fingerprint density at radius 1 is 1.24 bits per heavy atom. The van der Waals surface area contributed by atoms with Crippen molar-refractivity contribution in [3.05, 3.63) is 48.2 Å². The summed E-state index contributed by atoms with van der Waals surface area (Å²) in [4.78, 5) is 15.9. The number of para-hydroxylation sites is 1. The number of rotatable bonds is 5. The maximum Gasteiger partial charge on any atom is 0.319 e. The van der Waals surface area contributed by atoms with Crippen molar-refractivity contribution >= 4 is 23.2 Å². The van der Waals surface area contributed by atoms with Crippen LogP contribution >= 0.6 is 0 Å². The minimum absolute atomic E-state index is 0.231. The van der Waals surface area contributed by atoms with Gasteiger partial charge in [-0.1, -0.05) is 18.2 Å². The molecule has 2 amide bonds. The number of nitrogens with one attached hydrogen (secondary N) is 3. The third-order valence-electron chi connectivity index (χ3n) is 2.83. The van der Waals surface area contributed by atoms with Crippen LogP contribution in [0.25, 0.3) is 0 Å². The van der Waals surface area contributed by atoms with Crippen molar-refractivity contribution < 1.29 is 4.79 Å². The zero-order valence-electron chi connectivity index (χ0n) is 11.9. The predicted octanol–water partition coefficient (Wildman–Crippen LogP) is 2.21. The van der Waals surface area contributed by atoms with E-state index in [0.29, 0.717) is 18.8 Å². The fourth-order valence-corrected chi connectivity index (χ4v) is 1.84. The van der Waals surface area contributed by atoms with Gasteiger partial charge in [-0.25, -0.2) is 9.78 Å². The van der Waals surface area contributed by atoms with Gasteiger partial charge < -0.3 is 21.7 Å². The lowest BCUT2D eigenvalue weighted by Gasteiger charge is -2.10. The van der Waals surface area contributed by atoms with Gasteiger partial charge in [0.1, 0.15) is 5.82 Å². The summed E-state index contributed by atoms with van der Waals surface area (Å²) < 4.78 is 0. The normalized spacial score (nSPS) is 9.95. The number of carbonyl (C=O) groups excluding carboxylic acids is 1. The molecular formula is C15H19N5O. The van der Waals surface area contributed by atoms with E-state index in [9.17, 15) is 4.79 Å². The first-order chi connectivity index (χ1) is 10.1. The molecule has 6 heteroatoms. The lowest BCUT2D eigenvalue weighted by Crippen LogP contribution is -2.32. The van der Waals surface area contributed by atoms with Gasteiger partial charge in [0.2, 0.25) is 0 Å². The van der Waals surface area contributed by atoms with Crippen LogP contribution in [0.4, 0.5) is 22.0 Å². The molecule has 1 aromatic heterocycles. The van der Waals surface area contributed by atoms with Crippen LogP contribution in [-0.2, 0) is 0 Å². The Labute approximate surface area is 123 Å². The first-order valence-electron chi connectivity index (χ1n) is 6.71. The minimum atomic E-state index is -0.231. The number of urea groups is 1. The molecule has 0 radical (unpaired) electrons. The number of nitrogen functional groups attached to an aromatic ring is 1. The number of anilines is 3. The smallest absolute Gasteiger partial charge is 0.319 e. The summed E-state index contributed by atoms with van der Waals surface area (Å²) in [6, 6.07) is 10.9. The Hall–Kier alpha value is -2.76. The molecule has 0 aliphatic rings. The molecule has 0 aliphatic heterocycles. The van der Waals surface area contributed by atoms with Gasteiger partial charge in [0.25, 0.3) is 0 Å². The number of nitrogens with two attached hydrogens (primary N) is 1. The summed E-state index contributed by atoms with van der Waals surface area (Å²) >= 11 is 0. The van der Waals surface area contributed by atoms with Crippen molar-refractivity contribution in [2.24, 2.45) is 0 Å². The summed E-state index contributed by atoms with van der Waals surface area (Å²) in [7, 11) is 0. The monoisotopic (exact) mass is 285 g/mol. The number of hydrogen-bond donors (Lipinski definition) is 4. The van der Waals surface area contributed by atoms with Crippen molar-refractivity contribution in [2.45, 2.75) is 6.92 Å². The number of pyridine rings is 1. The van der Waals surface area contributed by atoms with Crippen molar-refractivity contribution in [3.8, 4) is 0 Å². The van der Waals surface area contributed by atoms with E-state index in [1.165, 1.54) is 0 Å². The maximum absolute atomic E-state index is 11.7. The highest BCUT2D eigenvalue weighted by Gasteiger charge is 2.02. The van der Waals surface area contributed by atoms with Crippen molar-refractivity contribution in [1.29, 1.82) is 0 Å². The van der Waals surface area contributed by atoms with Crippen molar-refractivity contribution in [1.82, 2.24) is 10.3 Å². The highest BCUT2D eigenvalue weighted by Crippen LogP contribution is 2.13. The second kappa shape index (κ2) is 7.14. The zero-order chi connectivity index (χ0) is 15.1. The molecule has 0 unspecified atom stereocenters. The van der Waals surface area contributed by atoms with E-state index in [2.05, 4.69) is 20.9 Å². The van der Waals surface area contributed by atoms with E-state index >= 15 is 0 Å². The number of nitrogens with zero attached hydrogens (tertiary/aromatic N) is 1. The van der Waals surface area contributed by atoms with Gasteiger partial charge >= 0.3 is 6.03 Å². The lowest BCUT2D eigenvalue weighted by atomic mass is 10.2. The topological polar surface area (TPSA) is 92.1 Å². The first-order valence-corrected chi connectivity index (χ1v) is 6.71. The number of carbonyl (C=O) groups is 1. The Kier molecular flexibility index (Phi) is 4.98. The molecule has 1 aromatic carbocycles. The standard InChI is InChI=1S/C15H19N5O/c1-11-9-12(16)10-19-14(11)17-7-8-18-15(21)20-13-5-3-2-4-6-13/h2-6,9-10H,7-8,16H2,1H3,(H,17,19)(H2,18,20,21). The molecule has 21 heavy (non-hydrogen) atoms. The van der Waals surface area contributed by atoms with Crippen molar-refractivity contribution in [2.75, 3.05) is 29.5 Å². The molecule has 0 atom stereocenters. The highest BCUT2D eigenvalue weighted by atomic mass is 16.2. The number of aromatic nitrogens is 1. The first kappa shape index (κ1) is 14.6. The summed E-state index contributed by atoms with van der Waals surface area (Å²) in [5, 5.41) is 8.67. The van der Waals surface area contributed by atoms with Gasteiger partial charge in [0.15, 0.2) is 0 Å². The highest BCUT2D eigenvalue weighted by molar-refractivity contribution is 5.89. The minimum Gasteiger partial charge on any atom is -0.397 e. The van der Waals surface area contributed by atoms with Gasteiger partial charge in [-0.2, -0.15) is 0 Å². The summed E-state index contributed by atoms with van der Waals surface area (Å²) in [6.45, 7) is 3.01. The van der Waals surface area contributed by atoms with E-state index in [0.717, 1.165) is 17.1 Å². The van der Waals surface area contributed by atoms with Crippen LogP contribution < -0.4 is 21.7 Å². The zero-order valence-corrected chi connectivity index (χ0v) is 11.9. The molecule has 2 aromatic rings. The molecule has 0 aliphatic carbocycles. The summed E-state index contributed by atoms with van der Waals surface area (Å²) in [6.07, 6.45) is 1.60. The molecular weight excluding hydrogens is 266 g/mol. The molecule has 6 nitrogen and oxygen atoms in total. The molecule has 5 N–H and O–H groups in total. The maximum atomic E-state index is 11.7. The van der Waals surface area contributed by atoms with Crippen LogP contribution in [0, 0.1) is 6.92 Å². The molecule has 0 bridgehead atoms. The Balaban J connectivity index is 1.71. The van der Waals surface area contributed by atoms with E-state index < -0.39 is 0 Å². The second-order valence-corrected chi connectivity index (χ2v) is 4.61. The fraction of sp³-hybridized carbons (Fsp3) is 0.200. The molecule has 1 heterocycles. The molecule has 2 rings (SSSR count). The van der Waals surface area contributed by atoms with Crippen LogP contribution in [0.15, 0.2) is 42.6 Å². The van der Waals surface area contributed by atoms with Gasteiger partial charge in [0.05, 0.1) is 11.9 Å². The van der Waals surface area contributed by atoms with E-state index in [1.807, 2.05) is 43.3 Å². The van der Waals surface area contributed by atoms with E-state index in [1.54, 1.807) is 6.20 Å². The quantitative estimate of drug-likeness (QED) is 0.634. The van der Waals surface area contributed by atoms with Crippen LogP contribution in [0.3, 0.4) is 0 Å². The largest absolute Gasteiger partial charge is 0.397 e.